The number of aromatic nitrogens is 2. The molecule has 1 amide bonds. The van der Waals surface area contributed by atoms with Crippen LogP contribution in [-0.2, 0) is 0 Å². The van der Waals surface area contributed by atoms with Crippen LogP contribution < -0.4 is 0 Å². The number of benzene rings is 1. The molecule has 1 aliphatic heterocycles. The summed E-state index contributed by atoms with van der Waals surface area (Å²) in [5.74, 6) is 0.146. The Kier molecular flexibility index (Phi) is 5.48. The molecule has 2 aromatic heterocycles. The standard InChI is InChI=1S/C21H27N5OS/c1-16-18-15-19(28-21(18)26(22-16)17-7-5-4-6-8-17)20(27)25-13-11-24(12-14-25)10-9-23(2)3/h4-8,15H,9-14H2,1-3H3. The van der Waals surface area contributed by atoms with Crippen LogP contribution in [0, 0.1) is 6.92 Å². The lowest BCUT2D eigenvalue weighted by molar-refractivity contribution is 0.0634. The molecule has 28 heavy (non-hydrogen) atoms. The van der Waals surface area contributed by atoms with Crippen molar-refractivity contribution in [2.75, 3.05) is 53.4 Å². The fourth-order valence-corrected chi connectivity index (χ4v) is 4.72. The molecule has 3 aromatic rings. The maximum Gasteiger partial charge on any atom is 0.264 e. The predicted molar refractivity (Wildman–Crippen MR) is 115 cm³/mol. The molecule has 0 radical (unpaired) electrons. The zero-order chi connectivity index (χ0) is 19.7. The summed E-state index contributed by atoms with van der Waals surface area (Å²) in [6.07, 6.45) is 0. The number of rotatable bonds is 5. The number of carbonyl (C=O) groups excluding carboxylic acids is 1. The summed E-state index contributed by atoms with van der Waals surface area (Å²) in [5, 5.41) is 5.74. The van der Waals surface area contributed by atoms with Gasteiger partial charge in [0, 0.05) is 44.7 Å². The number of fused-ring (bicyclic) bond motifs is 1. The molecule has 148 valence electrons. The number of hydrogen-bond donors (Lipinski definition) is 0. The Labute approximate surface area is 170 Å². The van der Waals surface area contributed by atoms with Gasteiger partial charge in [-0.25, -0.2) is 4.68 Å². The number of para-hydroxylation sites is 1. The van der Waals surface area contributed by atoms with Crippen LogP contribution in [0.4, 0.5) is 0 Å². The van der Waals surface area contributed by atoms with Gasteiger partial charge >= 0.3 is 0 Å². The third kappa shape index (κ3) is 3.83. The summed E-state index contributed by atoms with van der Waals surface area (Å²) in [7, 11) is 4.19. The smallest absolute Gasteiger partial charge is 0.264 e. The minimum atomic E-state index is 0.146. The molecule has 0 bridgehead atoms. The van der Waals surface area contributed by atoms with E-state index in [1.807, 2.05) is 52.9 Å². The zero-order valence-electron chi connectivity index (χ0n) is 16.8. The van der Waals surface area contributed by atoms with Gasteiger partial charge in [0.2, 0.25) is 0 Å². The SMILES string of the molecule is Cc1nn(-c2ccccc2)c2sc(C(=O)N3CCN(CCN(C)C)CC3)cc12. The summed E-state index contributed by atoms with van der Waals surface area (Å²) in [6.45, 7) is 7.60. The average Bonchev–Trinajstić information content (AvgIpc) is 3.27. The third-order valence-corrected chi connectivity index (χ3v) is 6.38. The maximum absolute atomic E-state index is 13.1. The van der Waals surface area contributed by atoms with E-state index < -0.39 is 0 Å². The van der Waals surface area contributed by atoms with Crippen molar-refractivity contribution in [3.8, 4) is 5.69 Å². The van der Waals surface area contributed by atoms with Crippen molar-refractivity contribution in [1.29, 1.82) is 0 Å². The zero-order valence-corrected chi connectivity index (χ0v) is 17.6. The van der Waals surface area contributed by atoms with E-state index in [2.05, 4.69) is 29.0 Å². The van der Waals surface area contributed by atoms with Crippen LogP contribution in [0.3, 0.4) is 0 Å². The lowest BCUT2D eigenvalue weighted by atomic mass is 10.2. The number of thiophene rings is 1. The van der Waals surface area contributed by atoms with Crippen molar-refractivity contribution in [2.45, 2.75) is 6.92 Å². The highest BCUT2D eigenvalue weighted by atomic mass is 32.1. The van der Waals surface area contributed by atoms with Crippen molar-refractivity contribution in [3.05, 3.63) is 47.0 Å². The first-order valence-corrected chi connectivity index (χ1v) is 10.6. The molecule has 1 aliphatic rings. The Hall–Kier alpha value is -2.22. The lowest BCUT2D eigenvalue weighted by Gasteiger charge is -2.35. The van der Waals surface area contributed by atoms with Gasteiger partial charge in [0.05, 0.1) is 16.3 Å². The highest BCUT2D eigenvalue weighted by Gasteiger charge is 2.25. The van der Waals surface area contributed by atoms with Gasteiger partial charge in [-0.2, -0.15) is 5.10 Å². The lowest BCUT2D eigenvalue weighted by Crippen LogP contribution is -2.49. The quantitative estimate of drug-likeness (QED) is 0.664. The van der Waals surface area contributed by atoms with Crippen LogP contribution in [0.1, 0.15) is 15.4 Å². The van der Waals surface area contributed by atoms with Gasteiger partial charge in [-0.3, -0.25) is 9.69 Å². The van der Waals surface area contributed by atoms with Crippen molar-refractivity contribution < 1.29 is 4.79 Å². The summed E-state index contributed by atoms with van der Waals surface area (Å²) < 4.78 is 1.95. The van der Waals surface area contributed by atoms with Crippen molar-refractivity contribution >= 4 is 27.5 Å². The average molecular weight is 398 g/mol. The molecule has 0 N–H and O–H groups in total. The van der Waals surface area contributed by atoms with E-state index >= 15 is 0 Å². The summed E-state index contributed by atoms with van der Waals surface area (Å²) >= 11 is 1.55. The molecular formula is C21H27N5OS. The fourth-order valence-electron chi connectivity index (χ4n) is 3.57. The van der Waals surface area contributed by atoms with Crippen LogP contribution >= 0.6 is 11.3 Å². The number of piperazine rings is 1. The largest absolute Gasteiger partial charge is 0.335 e. The third-order valence-electron chi connectivity index (χ3n) is 5.28. The van der Waals surface area contributed by atoms with Gasteiger partial charge in [-0.1, -0.05) is 18.2 Å². The Balaban J connectivity index is 1.50. The van der Waals surface area contributed by atoms with E-state index in [1.165, 1.54) is 0 Å². The van der Waals surface area contributed by atoms with E-state index in [1.54, 1.807) is 11.3 Å². The number of amides is 1. The Bertz CT molecular complexity index is 954. The van der Waals surface area contributed by atoms with Gasteiger partial charge in [-0.15, -0.1) is 11.3 Å². The van der Waals surface area contributed by atoms with E-state index in [4.69, 9.17) is 0 Å². The van der Waals surface area contributed by atoms with E-state index in [0.29, 0.717) is 0 Å². The van der Waals surface area contributed by atoms with Crippen molar-refractivity contribution in [2.24, 2.45) is 0 Å². The number of carbonyl (C=O) groups is 1. The predicted octanol–water partition coefficient (Wildman–Crippen LogP) is 2.71. The second-order valence-electron chi connectivity index (χ2n) is 7.60. The molecule has 7 heteroatoms. The molecule has 4 rings (SSSR count). The number of aryl methyl sites for hydroxylation is 1. The van der Waals surface area contributed by atoms with Crippen LogP contribution in [0.25, 0.3) is 15.9 Å². The molecule has 1 saturated heterocycles. The second kappa shape index (κ2) is 8.03. The molecule has 3 heterocycles. The van der Waals surface area contributed by atoms with Crippen molar-refractivity contribution in [1.82, 2.24) is 24.5 Å². The molecule has 1 aromatic carbocycles. The molecule has 1 fully saturated rings. The topological polar surface area (TPSA) is 44.6 Å². The molecule has 0 saturated carbocycles. The monoisotopic (exact) mass is 397 g/mol. The molecule has 6 nitrogen and oxygen atoms in total. The minimum Gasteiger partial charge on any atom is -0.335 e. The van der Waals surface area contributed by atoms with Crippen molar-refractivity contribution in [3.63, 3.8) is 0 Å². The van der Waals surface area contributed by atoms with E-state index in [0.717, 1.165) is 65.7 Å². The van der Waals surface area contributed by atoms with Crippen LogP contribution in [0.15, 0.2) is 36.4 Å². The fraction of sp³-hybridized carbons (Fsp3) is 0.429. The Morgan fingerprint density at radius 1 is 1.14 bits per heavy atom. The highest BCUT2D eigenvalue weighted by molar-refractivity contribution is 7.20. The first-order chi connectivity index (χ1) is 13.5. The molecular weight excluding hydrogens is 370 g/mol. The summed E-state index contributed by atoms with van der Waals surface area (Å²) in [5.41, 5.74) is 1.98. The number of likely N-dealkylation sites (N-methyl/N-ethyl adjacent to an activating group) is 1. The Morgan fingerprint density at radius 2 is 1.86 bits per heavy atom. The molecule has 0 unspecified atom stereocenters. The van der Waals surface area contributed by atoms with Gasteiger partial charge in [0.15, 0.2) is 0 Å². The van der Waals surface area contributed by atoms with Crippen LogP contribution in [-0.4, -0.2) is 83.8 Å². The summed E-state index contributed by atoms with van der Waals surface area (Å²) in [4.78, 5) is 21.6. The molecule has 0 spiro atoms. The maximum atomic E-state index is 13.1. The van der Waals surface area contributed by atoms with Crippen LogP contribution in [0.2, 0.25) is 0 Å². The van der Waals surface area contributed by atoms with Gasteiger partial charge < -0.3 is 9.80 Å². The first kappa shape index (κ1) is 19.1. The minimum absolute atomic E-state index is 0.146. The molecule has 0 atom stereocenters. The van der Waals surface area contributed by atoms with E-state index in [-0.39, 0.29) is 5.91 Å². The van der Waals surface area contributed by atoms with Gasteiger partial charge in [-0.05, 0) is 39.2 Å². The van der Waals surface area contributed by atoms with Gasteiger partial charge in [0.25, 0.3) is 5.91 Å². The number of nitrogens with zero attached hydrogens (tertiary/aromatic N) is 5. The normalized spacial score (nSPS) is 15.6. The summed E-state index contributed by atoms with van der Waals surface area (Å²) in [6, 6.07) is 12.1. The van der Waals surface area contributed by atoms with Crippen LogP contribution in [0.5, 0.6) is 0 Å². The Morgan fingerprint density at radius 3 is 2.54 bits per heavy atom. The highest BCUT2D eigenvalue weighted by Crippen LogP contribution is 2.31. The first-order valence-electron chi connectivity index (χ1n) is 9.74. The number of hydrogen-bond acceptors (Lipinski definition) is 5. The van der Waals surface area contributed by atoms with E-state index in [9.17, 15) is 4.79 Å². The van der Waals surface area contributed by atoms with Gasteiger partial charge in [0.1, 0.15) is 4.83 Å². The molecule has 0 aliphatic carbocycles. The second-order valence-corrected chi connectivity index (χ2v) is 8.63.